The van der Waals surface area contributed by atoms with Gasteiger partial charge in [-0.15, -0.1) is 0 Å². The van der Waals surface area contributed by atoms with Crippen LogP contribution in [0.4, 0.5) is 5.69 Å². The van der Waals surface area contributed by atoms with E-state index in [1.807, 2.05) is 37.3 Å². The predicted molar refractivity (Wildman–Crippen MR) is 106 cm³/mol. The molecule has 1 aromatic heterocycles. The van der Waals surface area contributed by atoms with Crippen molar-refractivity contribution in [2.75, 3.05) is 31.8 Å². The minimum absolute atomic E-state index is 0.120. The predicted octanol–water partition coefficient (Wildman–Crippen LogP) is 4.42. The molecule has 1 aliphatic heterocycles. The number of methoxy groups -OCH3 is 1. The normalized spacial score (nSPS) is 16.5. The highest BCUT2D eigenvalue weighted by molar-refractivity contribution is 5.60. The van der Waals surface area contributed by atoms with Crippen molar-refractivity contribution in [2.24, 2.45) is 0 Å². The zero-order valence-corrected chi connectivity index (χ0v) is 15.7. The van der Waals surface area contributed by atoms with E-state index in [0.29, 0.717) is 13.2 Å². The fraction of sp³-hybridized carbons (Fsp3) is 0.273. The van der Waals surface area contributed by atoms with Gasteiger partial charge in [-0.2, -0.15) is 0 Å². The number of rotatable bonds is 6. The van der Waals surface area contributed by atoms with Gasteiger partial charge in [0.15, 0.2) is 6.23 Å². The molecule has 1 aliphatic rings. The standard InChI is InChI=1S/C22H24N2O3/c1-3-26-19-10-8-18(9-11-19)23-13-12-17(16-23)22-24(14-15-27-22)20-6-4-5-7-21(20)25-2/h4-13,16,22H,3,14-15H2,1-2H3/t22-/m0/s1. The monoisotopic (exact) mass is 364 g/mol. The van der Waals surface area contributed by atoms with Crippen molar-refractivity contribution in [3.63, 3.8) is 0 Å². The smallest absolute Gasteiger partial charge is 0.158 e. The zero-order chi connectivity index (χ0) is 18.6. The first-order chi connectivity index (χ1) is 13.3. The van der Waals surface area contributed by atoms with Gasteiger partial charge in [-0.25, -0.2) is 0 Å². The molecule has 2 heterocycles. The first kappa shape index (κ1) is 17.5. The molecule has 5 nitrogen and oxygen atoms in total. The minimum atomic E-state index is -0.120. The molecule has 4 rings (SSSR count). The number of anilines is 1. The zero-order valence-electron chi connectivity index (χ0n) is 15.7. The van der Waals surface area contributed by atoms with E-state index in [2.05, 4.69) is 46.1 Å². The Morgan fingerprint density at radius 2 is 1.89 bits per heavy atom. The van der Waals surface area contributed by atoms with E-state index in [9.17, 15) is 0 Å². The summed E-state index contributed by atoms with van der Waals surface area (Å²) < 4.78 is 19.2. The third kappa shape index (κ3) is 3.51. The average molecular weight is 364 g/mol. The van der Waals surface area contributed by atoms with Crippen LogP contribution in [0.25, 0.3) is 5.69 Å². The Kier molecular flexibility index (Phi) is 5.03. The van der Waals surface area contributed by atoms with Crippen LogP contribution >= 0.6 is 0 Å². The lowest BCUT2D eigenvalue weighted by Crippen LogP contribution is -2.23. The highest BCUT2D eigenvalue weighted by atomic mass is 16.5. The summed E-state index contributed by atoms with van der Waals surface area (Å²) in [5.41, 5.74) is 3.26. The summed E-state index contributed by atoms with van der Waals surface area (Å²) in [6, 6.07) is 18.3. The Morgan fingerprint density at radius 1 is 1.07 bits per heavy atom. The van der Waals surface area contributed by atoms with Crippen molar-refractivity contribution >= 4 is 5.69 Å². The average Bonchev–Trinajstić information content (AvgIpc) is 3.38. The van der Waals surface area contributed by atoms with Crippen LogP contribution in [0.15, 0.2) is 67.0 Å². The van der Waals surface area contributed by atoms with Crippen LogP contribution in [0.1, 0.15) is 18.7 Å². The van der Waals surface area contributed by atoms with E-state index in [-0.39, 0.29) is 6.23 Å². The second kappa shape index (κ2) is 7.76. The maximum absolute atomic E-state index is 6.04. The first-order valence-corrected chi connectivity index (χ1v) is 9.22. The maximum atomic E-state index is 6.04. The second-order valence-corrected chi connectivity index (χ2v) is 6.37. The lowest BCUT2D eigenvalue weighted by molar-refractivity contribution is 0.113. The van der Waals surface area contributed by atoms with Crippen LogP contribution in [-0.2, 0) is 4.74 Å². The van der Waals surface area contributed by atoms with Crippen molar-refractivity contribution in [1.29, 1.82) is 0 Å². The van der Waals surface area contributed by atoms with Crippen LogP contribution in [0.2, 0.25) is 0 Å². The van der Waals surface area contributed by atoms with Crippen molar-refractivity contribution < 1.29 is 14.2 Å². The van der Waals surface area contributed by atoms with E-state index >= 15 is 0 Å². The lowest BCUT2D eigenvalue weighted by atomic mass is 10.2. The van der Waals surface area contributed by atoms with E-state index in [0.717, 1.165) is 35.0 Å². The van der Waals surface area contributed by atoms with Crippen LogP contribution in [0.3, 0.4) is 0 Å². The molecule has 2 aromatic carbocycles. The van der Waals surface area contributed by atoms with E-state index in [4.69, 9.17) is 14.2 Å². The van der Waals surface area contributed by atoms with Crippen LogP contribution in [0, 0.1) is 0 Å². The topological polar surface area (TPSA) is 35.9 Å². The molecule has 5 heteroatoms. The van der Waals surface area contributed by atoms with Gasteiger partial charge in [0.2, 0.25) is 0 Å². The molecular weight excluding hydrogens is 340 g/mol. The van der Waals surface area contributed by atoms with E-state index in [1.54, 1.807) is 7.11 Å². The molecule has 140 valence electrons. The molecule has 0 aliphatic carbocycles. The molecular formula is C22H24N2O3. The molecule has 0 N–H and O–H groups in total. The lowest BCUT2D eigenvalue weighted by Gasteiger charge is -2.26. The van der Waals surface area contributed by atoms with Crippen molar-refractivity contribution in [3.05, 3.63) is 72.6 Å². The molecule has 0 amide bonds. The van der Waals surface area contributed by atoms with Gasteiger partial charge < -0.3 is 23.7 Å². The molecule has 1 fully saturated rings. The van der Waals surface area contributed by atoms with Gasteiger partial charge in [0, 0.05) is 30.2 Å². The molecule has 0 saturated carbocycles. The molecule has 27 heavy (non-hydrogen) atoms. The molecule has 0 bridgehead atoms. The van der Waals surface area contributed by atoms with Gasteiger partial charge in [-0.1, -0.05) is 12.1 Å². The quantitative estimate of drug-likeness (QED) is 0.649. The summed E-state index contributed by atoms with van der Waals surface area (Å²) >= 11 is 0. The molecule has 0 radical (unpaired) electrons. The number of aromatic nitrogens is 1. The Labute approximate surface area is 159 Å². The number of ether oxygens (including phenoxy) is 3. The molecule has 0 unspecified atom stereocenters. The molecule has 1 saturated heterocycles. The third-order valence-electron chi connectivity index (χ3n) is 4.73. The van der Waals surface area contributed by atoms with Gasteiger partial charge in [0.05, 0.1) is 26.0 Å². The summed E-state index contributed by atoms with van der Waals surface area (Å²) in [6.45, 7) is 4.18. The van der Waals surface area contributed by atoms with Crippen molar-refractivity contribution in [3.8, 4) is 17.2 Å². The van der Waals surface area contributed by atoms with Gasteiger partial charge in [-0.3, -0.25) is 0 Å². The third-order valence-corrected chi connectivity index (χ3v) is 4.73. The van der Waals surface area contributed by atoms with Crippen LogP contribution in [-0.4, -0.2) is 31.4 Å². The second-order valence-electron chi connectivity index (χ2n) is 6.37. The number of para-hydroxylation sites is 2. The van der Waals surface area contributed by atoms with Crippen molar-refractivity contribution in [1.82, 2.24) is 4.57 Å². The Bertz CT molecular complexity index is 889. The van der Waals surface area contributed by atoms with E-state index < -0.39 is 0 Å². The highest BCUT2D eigenvalue weighted by Gasteiger charge is 2.29. The Balaban J connectivity index is 1.58. The summed E-state index contributed by atoms with van der Waals surface area (Å²) in [6.07, 6.45) is 4.06. The molecule has 0 spiro atoms. The maximum Gasteiger partial charge on any atom is 0.158 e. The first-order valence-electron chi connectivity index (χ1n) is 9.22. The van der Waals surface area contributed by atoms with Crippen LogP contribution in [0.5, 0.6) is 11.5 Å². The summed E-state index contributed by atoms with van der Waals surface area (Å²) in [5.74, 6) is 1.74. The van der Waals surface area contributed by atoms with Gasteiger partial charge in [0.25, 0.3) is 0 Å². The summed E-state index contributed by atoms with van der Waals surface area (Å²) in [7, 11) is 1.70. The fourth-order valence-electron chi connectivity index (χ4n) is 3.46. The fourth-order valence-corrected chi connectivity index (χ4v) is 3.46. The van der Waals surface area contributed by atoms with E-state index in [1.165, 1.54) is 0 Å². The largest absolute Gasteiger partial charge is 0.495 e. The molecule has 3 aromatic rings. The van der Waals surface area contributed by atoms with Gasteiger partial charge in [0.1, 0.15) is 11.5 Å². The van der Waals surface area contributed by atoms with Crippen molar-refractivity contribution in [2.45, 2.75) is 13.2 Å². The molecule has 1 atom stereocenters. The number of benzene rings is 2. The van der Waals surface area contributed by atoms with Crippen LogP contribution < -0.4 is 14.4 Å². The Hall–Kier alpha value is -2.92. The number of nitrogens with zero attached hydrogens (tertiary/aromatic N) is 2. The SMILES string of the molecule is CCOc1ccc(-n2ccc([C@@H]3OCCN3c3ccccc3OC)c2)cc1. The van der Waals surface area contributed by atoms with Gasteiger partial charge in [-0.05, 0) is 49.4 Å². The number of hydrogen-bond donors (Lipinski definition) is 0. The van der Waals surface area contributed by atoms with Gasteiger partial charge >= 0.3 is 0 Å². The highest BCUT2D eigenvalue weighted by Crippen LogP contribution is 2.37. The summed E-state index contributed by atoms with van der Waals surface area (Å²) in [4.78, 5) is 2.25. The number of hydrogen-bond acceptors (Lipinski definition) is 4. The Morgan fingerprint density at radius 3 is 2.67 bits per heavy atom. The summed E-state index contributed by atoms with van der Waals surface area (Å²) in [5, 5.41) is 0. The minimum Gasteiger partial charge on any atom is -0.495 e.